The molecule has 1 rings (SSSR count). The topological polar surface area (TPSA) is 47.0 Å². The van der Waals surface area contributed by atoms with Gasteiger partial charge in [-0.2, -0.15) is 4.57 Å². The Kier molecular flexibility index (Phi) is 2.21. The molecular weight excluding hydrogens is 140 g/mol. The highest BCUT2D eigenvalue weighted by molar-refractivity contribution is 5.92. The number of primary amides is 1. The number of carbonyl (C=O) groups excluding carboxylic acids is 1. The monoisotopic (exact) mass is 150 g/mol. The van der Waals surface area contributed by atoms with Crippen LogP contribution in [-0.4, -0.2) is 5.91 Å². The summed E-state index contributed by atoms with van der Waals surface area (Å²) in [6.45, 7) is 3.79. The molecule has 0 bridgehead atoms. The number of amides is 1. The highest BCUT2D eigenvalue weighted by atomic mass is 16.1. The fourth-order valence-corrected chi connectivity index (χ4v) is 0.774. The maximum Gasteiger partial charge on any atom is 0.249 e. The fourth-order valence-electron chi connectivity index (χ4n) is 0.774. The van der Waals surface area contributed by atoms with Gasteiger partial charge in [-0.3, -0.25) is 4.79 Å². The lowest BCUT2D eigenvalue weighted by atomic mass is 10.2. The number of nitrogens with zero attached hydrogens (tertiary/aromatic N) is 1. The maximum absolute atomic E-state index is 10.6. The van der Waals surface area contributed by atoms with Crippen LogP contribution >= 0.6 is 0 Å². The molecule has 1 amide bonds. The number of nitrogens with two attached hydrogens (primary N) is 1. The first-order chi connectivity index (χ1) is 5.24. The van der Waals surface area contributed by atoms with Crippen molar-refractivity contribution < 1.29 is 9.36 Å². The van der Waals surface area contributed by atoms with Crippen molar-refractivity contribution in [2.75, 3.05) is 0 Å². The Morgan fingerprint density at radius 2 is 2.09 bits per heavy atom. The van der Waals surface area contributed by atoms with Crippen molar-refractivity contribution in [1.29, 1.82) is 0 Å². The molecule has 1 aromatic rings. The lowest BCUT2D eigenvalue weighted by Crippen LogP contribution is -2.29. The van der Waals surface area contributed by atoms with E-state index in [0.29, 0.717) is 5.56 Å². The van der Waals surface area contributed by atoms with E-state index in [1.807, 2.05) is 18.0 Å². The molecule has 3 nitrogen and oxygen atoms in total. The van der Waals surface area contributed by atoms with Gasteiger partial charge in [-0.25, -0.2) is 0 Å². The van der Waals surface area contributed by atoms with Crippen LogP contribution in [0.1, 0.15) is 17.3 Å². The molecular formula is C8H10N2O+. The molecule has 1 heterocycles. The normalized spacial score (nSPS) is 9.55. The minimum Gasteiger partial charge on any atom is -0.366 e. The lowest BCUT2D eigenvalue weighted by Gasteiger charge is -1.91. The summed E-state index contributed by atoms with van der Waals surface area (Å²) in [4.78, 5) is 10.6. The van der Waals surface area contributed by atoms with Crippen LogP contribution < -0.4 is 10.3 Å². The summed E-state index contributed by atoms with van der Waals surface area (Å²) in [6.07, 6.45) is 3.56. The summed E-state index contributed by atoms with van der Waals surface area (Å²) in [7, 11) is 0. The van der Waals surface area contributed by atoms with Gasteiger partial charge in [0.2, 0.25) is 12.5 Å². The smallest absolute Gasteiger partial charge is 0.249 e. The van der Waals surface area contributed by atoms with Crippen LogP contribution in [0.5, 0.6) is 0 Å². The third-order valence-electron chi connectivity index (χ3n) is 1.44. The fraction of sp³-hybridized carbons (Fsp3) is 0.125. The van der Waals surface area contributed by atoms with Crippen LogP contribution in [0.15, 0.2) is 24.5 Å². The first kappa shape index (κ1) is 7.72. The molecule has 0 aliphatic heterocycles. The van der Waals surface area contributed by atoms with Crippen LogP contribution in [0.25, 0.3) is 0 Å². The minimum atomic E-state index is -0.395. The SMILES string of the molecule is C[CH][n+]1ccc(C(N)=O)cc1. The predicted molar refractivity (Wildman–Crippen MR) is 40.5 cm³/mol. The molecule has 57 valence electrons. The molecule has 0 saturated heterocycles. The van der Waals surface area contributed by atoms with Crippen molar-refractivity contribution in [1.82, 2.24) is 0 Å². The van der Waals surface area contributed by atoms with E-state index in [4.69, 9.17) is 5.73 Å². The molecule has 0 unspecified atom stereocenters. The van der Waals surface area contributed by atoms with Crippen molar-refractivity contribution in [2.45, 2.75) is 6.92 Å². The molecule has 1 radical (unpaired) electrons. The zero-order valence-electron chi connectivity index (χ0n) is 6.32. The molecule has 3 heteroatoms. The third-order valence-corrected chi connectivity index (χ3v) is 1.44. The molecule has 0 aromatic carbocycles. The number of hydrogen-bond acceptors (Lipinski definition) is 1. The van der Waals surface area contributed by atoms with Gasteiger partial charge in [-0.15, -0.1) is 0 Å². The molecule has 0 aliphatic rings. The quantitative estimate of drug-likeness (QED) is 0.597. The molecule has 2 N–H and O–H groups in total. The lowest BCUT2D eigenvalue weighted by molar-refractivity contribution is -0.632. The van der Waals surface area contributed by atoms with Crippen LogP contribution in [0.4, 0.5) is 0 Å². The Balaban J connectivity index is 2.91. The average molecular weight is 150 g/mol. The van der Waals surface area contributed by atoms with E-state index in [9.17, 15) is 4.79 Å². The number of hydrogen-bond donors (Lipinski definition) is 1. The summed E-state index contributed by atoms with van der Waals surface area (Å²) in [6, 6.07) is 3.37. The number of rotatable bonds is 2. The van der Waals surface area contributed by atoms with Gasteiger partial charge in [0.15, 0.2) is 12.4 Å². The number of carbonyl (C=O) groups is 1. The minimum absolute atomic E-state index is 0.395. The first-order valence-electron chi connectivity index (χ1n) is 3.34. The summed E-state index contributed by atoms with van der Waals surface area (Å²) in [5.41, 5.74) is 5.58. The van der Waals surface area contributed by atoms with Crippen LogP contribution in [-0.2, 0) is 0 Å². The summed E-state index contributed by atoms with van der Waals surface area (Å²) < 4.78 is 1.84. The zero-order valence-corrected chi connectivity index (χ0v) is 6.32. The summed E-state index contributed by atoms with van der Waals surface area (Å²) in [5, 5.41) is 0. The van der Waals surface area contributed by atoms with Crippen molar-refractivity contribution in [2.24, 2.45) is 5.73 Å². The van der Waals surface area contributed by atoms with E-state index in [-0.39, 0.29) is 0 Å². The van der Waals surface area contributed by atoms with Gasteiger partial charge in [0, 0.05) is 19.1 Å². The second-order valence-electron chi connectivity index (χ2n) is 2.16. The standard InChI is InChI=1S/C8H10N2O/c1-2-10-5-3-7(4-6-10)8(9)11/h2-6H,1H3,(H2,9,11)/q+1. The number of aromatic nitrogens is 1. The van der Waals surface area contributed by atoms with Crippen LogP contribution in [0, 0.1) is 6.54 Å². The van der Waals surface area contributed by atoms with Crippen molar-refractivity contribution >= 4 is 5.91 Å². The Hall–Kier alpha value is -1.38. The Morgan fingerprint density at radius 1 is 1.55 bits per heavy atom. The Labute approximate surface area is 65.5 Å². The second kappa shape index (κ2) is 3.14. The van der Waals surface area contributed by atoms with Gasteiger partial charge in [0.1, 0.15) is 0 Å². The highest BCUT2D eigenvalue weighted by Crippen LogP contribution is 1.91. The molecule has 0 atom stereocenters. The van der Waals surface area contributed by atoms with Gasteiger partial charge < -0.3 is 5.73 Å². The van der Waals surface area contributed by atoms with Crippen molar-refractivity contribution in [3.63, 3.8) is 0 Å². The molecule has 0 spiro atoms. The Morgan fingerprint density at radius 3 is 2.45 bits per heavy atom. The van der Waals surface area contributed by atoms with E-state index in [1.54, 1.807) is 24.5 Å². The van der Waals surface area contributed by atoms with E-state index in [1.165, 1.54) is 0 Å². The van der Waals surface area contributed by atoms with Gasteiger partial charge in [0.05, 0.1) is 5.56 Å². The summed E-state index contributed by atoms with van der Waals surface area (Å²) >= 11 is 0. The molecule has 11 heavy (non-hydrogen) atoms. The van der Waals surface area contributed by atoms with Crippen molar-refractivity contribution in [3.05, 3.63) is 36.6 Å². The third kappa shape index (κ3) is 1.77. The van der Waals surface area contributed by atoms with Crippen LogP contribution in [0.3, 0.4) is 0 Å². The molecule has 1 aromatic heterocycles. The largest absolute Gasteiger partial charge is 0.366 e. The van der Waals surface area contributed by atoms with E-state index >= 15 is 0 Å². The highest BCUT2D eigenvalue weighted by Gasteiger charge is 2.01. The number of pyridine rings is 1. The summed E-state index contributed by atoms with van der Waals surface area (Å²) in [5.74, 6) is -0.395. The van der Waals surface area contributed by atoms with E-state index in [2.05, 4.69) is 0 Å². The van der Waals surface area contributed by atoms with Gasteiger partial charge >= 0.3 is 0 Å². The first-order valence-corrected chi connectivity index (χ1v) is 3.34. The van der Waals surface area contributed by atoms with Gasteiger partial charge in [0.25, 0.3) is 0 Å². The van der Waals surface area contributed by atoms with E-state index in [0.717, 1.165) is 0 Å². The van der Waals surface area contributed by atoms with Gasteiger partial charge in [-0.05, 0) is 0 Å². The molecule has 0 aliphatic carbocycles. The molecule has 0 fully saturated rings. The Bertz CT molecular complexity index is 253. The van der Waals surface area contributed by atoms with Gasteiger partial charge in [-0.1, -0.05) is 0 Å². The van der Waals surface area contributed by atoms with Crippen LogP contribution in [0.2, 0.25) is 0 Å². The average Bonchev–Trinajstić information content (AvgIpc) is 2.05. The molecule has 0 saturated carbocycles. The van der Waals surface area contributed by atoms with Crippen molar-refractivity contribution in [3.8, 4) is 0 Å². The predicted octanol–water partition coefficient (Wildman–Crippen LogP) is 0.103. The zero-order chi connectivity index (χ0) is 8.27. The maximum atomic E-state index is 10.6. The second-order valence-corrected chi connectivity index (χ2v) is 2.16. The van der Waals surface area contributed by atoms with E-state index < -0.39 is 5.91 Å².